The van der Waals surface area contributed by atoms with Gasteiger partial charge in [0.2, 0.25) is 11.6 Å². The molecule has 0 aliphatic heterocycles. The number of nitrogens with zero attached hydrogens (tertiary/aromatic N) is 4. The van der Waals surface area contributed by atoms with E-state index in [1.54, 1.807) is 18.3 Å². The van der Waals surface area contributed by atoms with Crippen LogP contribution in [0, 0.1) is 0 Å². The summed E-state index contributed by atoms with van der Waals surface area (Å²) in [6.45, 7) is 0. The van der Waals surface area contributed by atoms with Crippen LogP contribution < -0.4 is 10.6 Å². The van der Waals surface area contributed by atoms with Crippen molar-refractivity contribution in [1.82, 2.24) is 19.6 Å². The average Bonchev–Trinajstić information content (AvgIpc) is 2.85. The van der Waals surface area contributed by atoms with E-state index in [-0.39, 0.29) is 5.95 Å². The Labute approximate surface area is 123 Å². The molecule has 0 unspecified atom stereocenters. The maximum atomic E-state index is 10.7. The first-order valence-corrected chi connectivity index (χ1v) is 6.24. The number of rotatable bonds is 3. The van der Waals surface area contributed by atoms with Crippen molar-refractivity contribution >= 4 is 40.8 Å². The average molecular weight is 305 g/mol. The molecule has 9 heteroatoms. The second-order valence-electron chi connectivity index (χ2n) is 4.03. The van der Waals surface area contributed by atoms with Crippen molar-refractivity contribution in [2.45, 2.75) is 0 Å². The minimum absolute atomic E-state index is 0.0853. The number of amides is 1. The maximum absolute atomic E-state index is 10.7. The Morgan fingerprint density at radius 2 is 2.10 bits per heavy atom. The van der Waals surface area contributed by atoms with Crippen LogP contribution >= 0.6 is 11.6 Å². The van der Waals surface area contributed by atoms with Gasteiger partial charge >= 0.3 is 6.09 Å². The van der Waals surface area contributed by atoms with Gasteiger partial charge in [-0.1, -0.05) is 23.7 Å². The maximum Gasteiger partial charge on any atom is 0.411 e. The number of carbonyl (C=O) groups is 1. The highest BCUT2D eigenvalue weighted by atomic mass is 35.5. The van der Waals surface area contributed by atoms with Crippen LogP contribution in [0.5, 0.6) is 0 Å². The summed E-state index contributed by atoms with van der Waals surface area (Å²) in [5.41, 5.74) is 1.04. The molecule has 2 heterocycles. The number of hydrogen-bond acceptors (Lipinski definition) is 5. The van der Waals surface area contributed by atoms with Crippen molar-refractivity contribution in [3.8, 4) is 0 Å². The molecule has 0 saturated heterocycles. The number of halogens is 1. The number of hydrogen-bond donors (Lipinski definition) is 3. The quantitative estimate of drug-likeness (QED) is 0.687. The molecule has 2 aromatic heterocycles. The normalized spacial score (nSPS) is 10.5. The van der Waals surface area contributed by atoms with Gasteiger partial charge in [-0.05, 0) is 12.1 Å². The molecule has 1 amide bonds. The largest absolute Gasteiger partial charge is 0.465 e. The summed E-state index contributed by atoms with van der Waals surface area (Å²) in [5.74, 6) is 0.499. The van der Waals surface area contributed by atoms with E-state index in [2.05, 4.69) is 25.8 Å². The lowest BCUT2D eigenvalue weighted by Crippen LogP contribution is -2.10. The van der Waals surface area contributed by atoms with Crippen molar-refractivity contribution in [1.29, 1.82) is 0 Å². The Hall–Kier alpha value is -2.87. The molecule has 21 heavy (non-hydrogen) atoms. The molecule has 106 valence electrons. The summed E-state index contributed by atoms with van der Waals surface area (Å²) >= 11 is 6.08. The molecule has 0 saturated carbocycles. The molecule has 0 bridgehead atoms. The van der Waals surface area contributed by atoms with Gasteiger partial charge in [-0.2, -0.15) is 0 Å². The fourth-order valence-electron chi connectivity index (χ4n) is 1.79. The molecule has 0 radical (unpaired) electrons. The van der Waals surface area contributed by atoms with Gasteiger partial charge in [0.05, 0.1) is 10.7 Å². The third-order valence-corrected chi connectivity index (χ3v) is 3.00. The van der Waals surface area contributed by atoms with Crippen LogP contribution in [0.15, 0.2) is 36.7 Å². The third-order valence-electron chi connectivity index (χ3n) is 2.67. The van der Waals surface area contributed by atoms with Crippen LogP contribution in [0.2, 0.25) is 5.02 Å². The number of carboxylic acid groups (broad SMARTS) is 1. The van der Waals surface area contributed by atoms with E-state index in [4.69, 9.17) is 16.7 Å². The van der Waals surface area contributed by atoms with E-state index in [9.17, 15) is 4.79 Å². The second kappa shape index (κ2) is 5.25. The second-order valence-corrected chi connectivity index (χ2v) is 4.44. The topological polar surface area (TPSA) is 104 Å². The van der Waals surface area contributed by atoms with Crippen molar-refractivity contribution < 1.29 is 9.90 Å². The minimum atomic E-state index is -1.22. The Morgan fingerprint density at radius 3 is 2.86 bits per heavy atom. The monoisotopic (exact) mass is 304 g/mol. The Kier molecular flexibility index (Phi) is 3.28. The van der Waals surface area contributed by atoms with Crippen LogP contribution in [0.25, 0.3) is 5.65 Å². The Morgan fingerprint density at radius 1 is 1.29 bits per heavy atom. The van der Waals surface area contributed by atoms with Crippen LogP contribution in [0.4, 0.5) is 22.2 Å². The molecular formula is C12H9ClN6O2. The molecule has 1 aromatic carbocycles. The first-order valence-electron chi connectivity index (χ1n) is 5.86. The van der Waals surface area contributed by atoms with Crippen LogP contribution in [0.1, 0.15) is 0 Å². The van der Waals surface area contributed by atoms with E-state index in [1.807, 2.05) is 12.1 Å². The Bertz CT molecular complexity index is 818. The molecular weight excluding hydrogens is 296 g/mol. The minimum Gasteiger partial charge on any atom is -0.465 e. The molecule has 3 aromatic rings. The number of anilines is 3. The smallest absolute Gasteiger partial charge is 0.411 e. The van der Waals surface area contributed by atoms with Crippen LogP contribution in [-0.2, 0) is 0 Å². The summed E-state index contributed by atoms with van der Waals surface area (Å²) < 4.78 is 1.47. The molecule has 0 aliphatic rings. The number of para-hydroxylation sites is 1. The highest BCUT2D eigenvalue weighted by Gasteiger charge is 2.12. The van der Waals surface area contributed by atoms with Crippen molar-refractivity contribution in [2.24, 2.45) is 0 Å². The zero-order valence-corrected chi connectivity index (χ0v) is 11.2. The van der Waals surface area contributed by atoms with Crippen molar-refractivity contribution in [3.63, 3.8) is 0 Å². The SMILES string of the molecule is O=C(O)Nc1nnc2c(Nc3ccccc3Cl)nccn12. The number of nitrogens with one attached hydrogen (secondary N) is 2. The molecule has 3 N–H and O–H groups in total. The van der Waals surface area contributed by atoms with Crippen LogP contribution in [0.3, 0.4) is 0 Å². The van der Waals surface area contributed by atoms with Gasteiger partial charge in [0.1, 0.15) is 0 Å². The number of aromatic nitrogens is 4. The van der Waals surface area contributed by atoms with E-state index in [1.165, 1.54) is 10.6 Å². The molecule has 3 rings (SSSR count). The summed E-state index contributed by atoms with van der Waals surface area (Å²) in [5, 5.41) is 22.2. The molecule has 0 spiro atoms. The van der Waals surface area contributed by atoms with E-state index >= 15 is 0 Å². The Balaban J connectivity index is 2.02. The first-order chi connectivity index (χ1) is 10.1. The zero-order chi connectivity index (χ0) is 14.8. The van der Waals surface area contributed by atoms with Gasteiger partial charge in [-0.15, -0.1) is 10.2 Å². The predicted octanol–water partition coefficient (Wildman–Crippen LogP) is 2.61. The van der Waals surface area contributed by atoms with Gasteiger partial charge in [-0.25, -0.2) is 9.78 Å². The lowest BCUT2D eigenvalue weighted by atomic mass is 10.3. The third kappa shape index (κ3) is 2.56. The lowest BCUT2D eigenvalue weighted by molar-refractivity contribution is 0.209. The van der Waals surface area contributed by atoms with Gasteiger partial charge in [0.15, 0.2) is 5.82 Å². The standard InChI is InChI=1S/C12H9ClN6O2/c13-7-3-1-2-4-8(7)15-9-10-17-18-11(16-12(20)21)19(10)6-5-14-9/h1-6H,(H,14,15)(H,16,18)(H,20,21). The summed E-state index contributed by atoms with van der Waals surface area (Å²) in [4.78, 5) is 14.9. The molecule has 0 atom stereocenters. The summed E-state index contributed by atoms with van der Waals surface area (Å²) in [7, 11) is 0. The van der Waals surface area contributed by atoms with Crippen molar-refractivity contribution in [3.05, 3.63) is 41.7 Å². The van der Waals surface area contributed by atoms with Gasteiger partial charge < -0.3 is 10.4 Å². The van der Waals surface area contributed by atoms with Gasteiger partial charge in [0.25, 0.3) is 0 Å². The molecule has 8 nitrogen and oxygen atoms in total. The number of benzene rings is 1. The van der Waals surface area contributed by atoms with E-state index in [0.29, 0.717) is 22.2 Å². The van der Waals surface area contributed by atoms with Gasteiger partial charge in [-0.3, -0.25) is 9.72 Å². The molecule has 0 fully saturated rings. The highest BCUT2D eigenvalue weighted by molar-refractivity contribution is 6.33. The summed E-state index contributed by atoms with van der Waals surface area (Å²) in [6.07, 6.45) is 1.84. The number of fused-ring (bicyclic) bond motifs is 1. The van der Waals surface area contributed by atoms with E-state index in [0.717, 1.165) is 0 Å². The fourth-order valence-corrected chi connectivity index (χ4v) is 1.97. The highest BCUT2D eigenvalue weighted by Crippen LogP contribution is 2.25. The van der Waals surface area contributed by atoms with Gasteiger partial charge in [0, 0.05) is 12.4 Å². The fraction of sp³-hybridized carbons (Fsp3) is 0. The van der Waals surface area contributed by atoms with E-state index < -0.39 is 6.09 Å². The van der Waals surface area contributed by atoms with Crippen molar-refractivity contribution in [2.75, 3.05) is 10.6 Å². The van der Waals surface area contributed by atoms with Crippen LogP contribution in [-0.4, -0.2) is 30.8 Å². The lowest BCUT2D eigenvalue weighted by Gasteiger charge is -2.08. The zero-order valence-electron chi connectivity index (χ0n) is 10.5. The molecule has 0 aliphatic carbocycles. The predicted molar refractivity (Wildman–Crippen MR) is 77.2 cm³/mol. The summed E-state index contributed by atoms with van der Waals surface area (Å²) in [6, 6.07) is 7.18. The first kappa shape index (κ1) is 13.1.